The molecular formula is C20H31NaO4. The molecule has 0 aromatic heterocycles. The Hall–Kier alpha value is -0.970. The Morgan fingerprint density at radius 2 is 1.32 bits per heavy atom. The average molecular weight is 358 g/mol. The molecule has 2 N–H and O–H groups in total. The van der Waals surface area contributed by atoms with Crippen LogP contribution in [0.5, 0.6) is 0 Å². The van der Waals surface area contributed by atoms with Gasteiger partial charge in [-0.3, -0.25) is 9.59 Å². The first kappa shape index (κ1) is 26.3. The predicted octanol–water partition coefficient (Wildman–Crippen LogP) is 2.32. The first-order chi connectivity index (χ1) is 11.6. The molecule has 1 aromatic carbocycles. The summed E-state index contributed by atoms with van der Waals surface area (Å²) in [6.07, 6.45) is 14.0. The van der Waals surface area contributed by atoms with Gasteiger partial charge in [-0.1, -0.05) is 70.8 Å². The van der Waals surface area contributed by atoms with Crippen molar-refractivity contribution in [3.05, 3.63) is 42.3 Å². The van der Waals surface area contributed by atoms with Gasteiger partial charge < -0.3 is 10.2 Å². The monoisotopic (exact) mass is 358 g/mol. The fourth-order valence-electron chi connectivity index (χ4n) is 2.27. The van der Waals surface area contributed by atoms with Gasteiger partial charge in [0.15, 0.2) is 0 Å². The number of hydrogen-bond donors (Lipinski definition) is 2. The van der Waals surface area contributed by atoms with Gasteiger partial charge in [0.1, 0.15) is 6.42 Å². The van der Waals surface area contributed by atoms with Gasteiger partial charge in [0.2, 0.25) is 0 Å². The van der Waals surface area contributed by atoms with Gasteiger partial charge in [0, 0.05) is 0 Å². The molecule has 4 nitrogen and oxygen atoms in total. The molecule has 0 aliphatic rings. The molecule has 0 radical (unpaired) electrons. The van der Waals surface area contributed by atoms with Crippen molar-refractivity contribution < 1.29 is 49.4 Å². The van der Waals surface area contributed by atoms with Crippen LogP contribution in [0, 0.1) is 6.42 Å². The molecule has 136 valence electrons. The second-order valence-corrected chi connectivity index (χ2v) is 5.84. The number of carboxylic acid groups (broad SMARTS) is 2. The normalized spacial score (nSPS) is 9.32. The van der Waals surface area contributed by atoms with Crippen LogP contribution >= 0.6 is 0 Å². The molecule has 1 aromatic rings. The Bertz CT molecular complexity index is 423. The van der Waals surface area contributed by atoms with Crippen molar-refractivity contribution in [3.63, 3.8) is 0 Å². The van der Waals surface area contributed by atoms with Gasteiger partial charge >= 0.3 is 41.5 Å². The molecule has 5 heteroatoms. The van der Waals surface area contributed by atoms with Crippen LogP contribution in [0.2, 0.25) is 0 Å². The second kappa shape index (κ2) is 19.4. The number of hydrogen-bond acceptors (Lipinski definition) is 2. The van der Waals surface area contributed by atoms with E-state index in [1.807, 2.05) is 0 Å². The first-order valence-corrected chi connectivity index (χ1v) is 8.88. The van der Waals surface area contributed by atoms with E-state index in [0.717, 1.165) is 0 Å². The topological polar surface area (TPSA) is 74.6 Å². The van der Waals surface area contributed by atoms with Crippen LogP contribution in [-0.4, -0.2) is 22.2 Å². The van der Waals surface area contributed by atoms with Crippen molar-refractivity contribution in [3.8, 4) is 0 Å². The maximum atomic E-state index is 9.43. The summed E-state index contributed by atoms with van der Waals surface area (Å²) in [6, 6.07) is 10.7. The molecule has 25 heavy (non-hydrogen) atoms. The maximum absolute atomic E-state index is 9.43. The number of aliphatic carboxylic acids is 2. The molecule has 0 saturated carbocycles. The van der Waals surface area contributed by atoms with Gasteiger partial charge in [-0.15, -0.1) is 12.1 Å². The molecule has 0 bridgehead atoms. The van der Waals surface area contributed by atoms with Crippen LogP contribution < -0.4 is 29.6 Å². The van der Waals surface area contributed by atoms with Crippen molar-refractivity contribution in [2.75, 3.05) is 0 Å². The third-order valence-corrected chi connectivity index (χ3v) is 3.54. The molecule has 0 heterocycles. The number of carbonyl (C=O) groups is 2. The van der Waals surface area contributed by atoms with Gasteiger partial charge in [0.25, 0.3) is 0 Å². The minimum Gasteiger partial charge on any atom is -0.481 e. The summed E-state index contributed by atoms with van der Waals surface area (Å²) in [4.78, 5) is 18.9. The number of benzene rings is 1. The van der Waals surface area contributed by atoms with Crippen molar-refractivity contribution >= 4 is 11.9 Å². The molecule has 0 unspecified atom stereocenters. The summed E-state index contributed by atoms with van der Waals surface area (Å²) < 4.78 is 0. The quantitative estimate of drug-likeness (QED) is 0.260. The van der Waals surface area contributed by atoms with Gasteiger partial charge in [0.05, 0.1) is 0 Å². The van der Waals surface area contributed by atoms with Crippen LogP contribution in [0.25, 0.3) is 0 Å². The second-order valence-electron chi connectivity index (χ2n) is 5.84. The zero-order chi connectivity index (χ0) is 18.0. The fourth-order valence-corrected chi connectivity index (χ4v) is 2.27. The first-order valence-electron chi connectivity index (χ1n) is 8.88. The Labute approximate surface area is 174 Å². The maximum Gasteiger partial charge on any atom is 1.00 e. The number of unbranched alkanes of at least 4 members (excludes halogenated alkanes) is 8. The summed E-state index contributed by atoms with van der Waals surface area (Å²) in [7, 11) is 0. The molecular weight excluding hydrogens is 327 g/mol. The van der Waals surface area contributed by atoms with Crippen LogP contribution in [-0.2, 0) is 9.59 Å². The smallest absolute Gasteiger partial charge is 0.481 e. The molecule has 0 fully saturated rings. The Kier molecular flexibility index (Phi) is 20.3. The molecule has 0 atom stereocenters. The molecule has 0 saturated heterocycles. The molecule has 0 spiro atoms. The summed E-state index contributed by atoms with van der Waals surface area (Å²) in [5, 5.41) is 15.4. The van der Waals surface area contributed by atoms with E-state index >= 15 is 0 Å². The summed E-state index contributed by atoms with van der Waals surface area (Å²) >= 11 is 0. The molecule has 0 amide bonds. The minimum absolute atomic E-state index is 0. The van der Waals surface area contributed by atoms with Crippen LogP contribution in [0.3, 0.4) is 0 Å². The Morgan fingerprint density at radius 3 is 1.76 bits per heavy atom. The van der Waals surface area contributed by atoms with E-state index in [0.29, 0.717) is 0 Å². The number of rotatable bonds is 12. The van der Waals surface area contributed by atoms with Gasteiger partial charge in [-0.05, 0) is 0 Å². The molecule has 0 aliphatic carbocycles. The predicted molar refractivity (Wildman–Crippen MR) is 97.0 cm³/mol. The van der Waals surface area contributed by atoms with Crippen molar-refractivity contribution in [2.45, 2.75) is 71.1 Å². The third kappa shape index (κ3) is 21.0. The Balaban J connectivity index is 0. The van der Waals surface area contributed by atoms with Crippen LogP contribution in [0.4, 0.5) is 0 Å². The third-order valence-electron chi connectivity index (χ3n) is 3.54. The van der Waals surface area contributed by atoms with E-state index in [-0.39, 0.29) is 29.6 Å². The molecule has 1 rings (SSSR count). The Morgan fingerprint density at radius 1 is 0.840 bits per heavy atom. The van der Waals surface area contributed by atoms with Gasteiger partial charge in [-0.2, -0.15) is 24.1 Å². The van der Waals surface area contributed by atoms with E-state index in [4.69, 9.17) is 10.2 Å². The largest absolute Gasteiger partial charge is 1.00 e. The van der Waals surface area contributed by atoms with Crippen LogP contribution in [0.1, 0.15) is 76.7 Å². The van der Waals surface area contributed by atoms with E-state index in [9.17, 15) is 9.59 Å². The zero-order valence-corrected chi connectivity index (χ0v) is 17.7. The van der Waals surface area contributed by atoms with Crippen molar-refractivity contribution in [1.29, 1.82) is 0 Å². The minimum atomic E-state index is -1.31. The van der Waals surface area contributed by atoms with E-state index in [2.05, 4.69) is 43.7 Å². The summed E-state index contributed by atoms with van der Waals surface area (Å²) in [6.45, 7) is 2.28. The van der Waals surface area contributed by atoms with Crippen LogP contribution in [0.15, 0.2) is 30.3 Å². The standard InChI is InChI=1S/C17H27.C3H4O4.Na/c1-2-3-4-5-6-7-8-9-11-14-17-15-12-10-13-16-17;4-2(5)1-3(6)7;/h10,12-16H,2-9,11H2,1H3;1H2,(H,4,5)(H,6,7);/q-1;;+1. The summed E-state index contributed by atoms with van der Waals surface area (Å²) in [5.74, 6) is -2.62. The van der Waals surface area contributed by atoms with Gasteiger partial charge in [-0.25, -0.2) is 0 Å². The van der Waals surface area contributed by atoms with E-state index < -0.39 is 18.4 Å². The number of carboxylic acids is 2. The van der Waals surface area contributed by atoms with Crippen molar-refractivity contribution in [1.82, 2.24) is 0 Å². The van der Waals surface area contributed by atoms with E-state index in [1.165, 1.54) is 63.4 Å². The zero-order valence-electron chi connectivity index (χ0n) is 15.7. The molecule has 0 aliphatic heterocycles. The fraction of sp³-hybridized carbons (Fsp3) is 0.550. The van der Waals surface area contributed by atoms with Crippen molar-refractivity contribution in [2.24, 2.45) is 0 Å². The summed E-state index contributed by atoms with van der Waals surface area (Å²) in [5.41, 5.74) is 1.37. The SMILES string of the molecule is CCCCCCCCCC[CH-]c1ccccc1.O=C(O)CC(=O)O.[Na+]. The van der Waals surface area contributed by atoms with E-state index in [1.54, 1.807) is 0 Å². The average Bonchev–Trinajstić information content (AvgIpc) is 2.53.